The molecular formula is C16H23N3O2. The average Bonchev–Trinajstić information content (AvgIpc) is 2.94. The number of nitrogens with zero attached hydrogens (tertiary/aromatic N) is 1. The largest absolute Gasteiger partial charge is 0.355 e. The second kappa shape index (κ2) is 7.76. The summed E-state index contributed by atoms with van der Waals surface area (Å²) < 4.78 is 0. The monoisotopic (exact) mass is 289 g/mol. The molecule has 0 aliphatic heterocycles. The Morgan fingerprint density at radius 3 is 2.67 bits per heavy atom. The molecule has 5 heteroatoms. The second-order valence-electron chi connectivity index (χ2n) is 5.63. The highest BCUT2D eigenvalue weighted by atomic mass is 16.2. The van der Waals surface area contributed by atoms with Gasteiger partial charge in [-0.1, -0.05) is 18.9 Å². The number of carbonyl (C=O) groups is 2. The zero-order chi connectivity index (χ0) is 15.1. The third kappa shape index (κ3) is 5.53. The van der Waals surface area contributed by atoms with Crippen molar-refractivity contribution in [1.82, 2.24) is 15.6 Å². The minimum Gasteiger partial charge on any atom is -0.355 e. The number of hydrogen-bond donors (Lipinski definition) is 2. The van der Waals surface area contributed by atoms with E-state index in [9.17, 15) is 9.59 Å². The van der Waals surface area contributed by atoms with Crippen LogP contribution in [0, 0.1) is 6.92 Å². The lowest BCUT2D eigenvalue weighted by molar-refractivity contribution is -0.122. The van der Waals surface area contributed by atoms with Gasteiger partial charge in [0.1, 0.15) is 0 Å². The van der Waals surface area contributed by atoms with Gasteiger partial charge in [0, 0.05) is 30.9 Å². The fourth-order valence-electron chi connectivity index (χ4n) is 2.54. The summed E-state index contributed by atoms with van der Waals surface area (Å²) in [6.07, 6.45) is 6.92. The number of hydrogen-bond acceptors (Lipinski definition) is 3. The van der Waals surface area contributed by atoms with Crippen LogP contribution in [0.5, 0.6) is 0 Å². The number of carbonyl (C=O) groups excluding carboxylic acids is 2. The SMILES string of the molecule is Cc1ccc(CC(=O)NCCC(=O)NC2CCCC2)cn1. The van der Waals surface area contributed by atoms with E-state index in [4.69, 9.17) is 0 Å². The first-order chi connectivity index (χ1) is 10.1. The fraction of sp³-hybridized carbons (Fsp3) is 0.562. The number of aromatic nitrogens is 1. The van der Waals surface area contributed by atoms with Crippen molar-refractivity contribution >= 4 is 11.8 Å². The van der Waals surface area contributed by atoms with Gasteiger partial charge in [0.05, 0.1) is 6.42 Å². The van der Waals surface area contributed by atoms with Crippen molar-refractivity contribution in [3.8, 4) is 0 Å². The van der Waals surface area contributed by atoms with Gasteiger partial charge in [-0.25, -0.2) is 0 Å². The molecule has 0 unspecified atom stereocenters. The van der Waals surface area contributed by atoms with E-state index in [-0.39, 0.29) is 11.8 Å². The van der Waals surface area contributed by atoms with Crippen LogP contribution in [-0.2, 0) is 16.0 Å². The minimum absolute atomic E-state index is 0.0270. The molecule has 0 bridgehead atoms. The molecule has 1 aromatic heterocycles. The molecule has 2 N–H and O–H groups in total. The van der Waals surface area contributed by atoms with Gasteiger partial charge in [-0.15, -0.1) is 0 Å². The number of aryl methyl sites for hydroxylation is 1. The summed E-state index contributed by atoms with van der Waals surface area (Å²) >= 11 is 0. The summed E-state index contributed by atoms with van der Waals surface area (Å²) in [6, 6.07) is 4.12. The molecule has 1 aromatic rings. The summed E-state index contributed by atoms with van der Waals surface area (Å²) in [5.41, 5.74) is 1.82. The molecule has 2 amide bonds. The third-order valence-electron chi connectivity index (χ3n) is 3.73. The Bertz CT molecular complexity index is 479. The predicted molar refractivity (Wildman–Crippen MR) is 80.7 cm³/mol. The van der Waals surface area contributed by atoms with Gasteiger partial charge in [0.25, 0.3) is 0 Å². The van der Waals surface area contributed by atoms with Gasteiger partial charge in [0.2, 0.25) is 11.8 Å². The van der Waals surface area contributed by atoms with E-state index in [2.05, 4.69) is 15.6 Å². The smallest absolute Gasteiger partial charge is 0.224 e. The lowest BCUT2D eigenvalue weighted by Crippen LogP contribution is -2.35. The number of amides is 2. The molecule has 1 aliphatic rings. The zero-order valence-corrected chi connectivity index (χ0v) is 12.5. The van der Waals surface area contributed by atoms with Crippen LogP contribution >= 0.6 is 0 Å². The molecule has 0 atom stereocenters. The molecule has 1 fully saturated rings. The number of rotatable bonds is 6. The van der Waals surface area contributed by atoms with Crippen molar-refractivity contribution in [2.45, 2.75) is 51.5 Å². The zero-order valence-electron chi connectivity index (χ0n) is 12.5. The van der Waals surface area contributed by atoms with Gasteiger partial charge in [-0.2, -0.15) is 0 Å². The Kier molecular flexibility index (Phi) is 5.72. The maximum absolute atomic E-state index is 11.8. The Morgan fingerprint density at radius 1 is 1.24 bits per heavy atom. The normalized spacial score (nSPS) is 14.9. The Balaban J connectivity index is 1.62. The summed E-state index contributed by atoms with van der Waals surface area (Å²) in [5.74, 6) is -0.0477. The van der Waals surface area contributed by atoms with Crippen LogP contribution < -0.4 is 10.6 Å². The van der Waals surface area contributed by atoms with Gasteiger partial charge < -0.3 is 10.6 Å². The molecule has 5 nitrogen and oxygen atoms in total. The highest BCUT2D eigenvalue weighted by Crippen LogP contribution is 2.17. The summed E-state index contributed by atoms with van der Waals surface area (Å²) in [6.45, 7) is 2.30. The molecule has 0 aromatic carbocycles. The van der Waals surface area contributed by atoms with E-state index in [0.29, 0.717) is 25.4 Å². The highest BCUT2D eigenvalue weighted by molar-refractivity contribution is 5.80. The number of nitrogens with one attached hydrogen (secondary N) is 2. The van der Waals surface area contributed by atoms with E-state index in [1.807, 2.05) is 19.1 Å². The van der Waals surface area contributed by atoms with Gasteiger partial charge in [0.15, 0.2) is 0 Å². The van der Waals surface area contributed by atoms with Crippen molar-refractivity contribution in [3.05, 3.63) is 29.6 Å². The second-order valence-corrected chi connectivity index (χ2v) is 5.63. The Labute approximate surface area is 125 Å². The van der Waals surface area contributed by atoms with Crippen molar-refractivity contribution in [1.29, 1.82) is 0 Å². The molecule has 0 radical (unpaired) electrons. The minimum atomic E-state index is -0.0747. The Hall–Kier alpha value is -1.91. The first-order valence-electron chi connectivity index (χ1n) is 7.61. The van der Waals surface area contributed by atoms with Gasteiger partial charge in [-0.3, -0.25) is 14.6 Å². The maximum atomic E-state index is 11.8. The van der Waals surface area contributed by atoms with Gasteiger partial charge >= 0.3 is 0 Å². The summed E-state index contributed by atoms with van der Waals surface area (Å²) in [7, 11) is 0. The van der Waals surface area contributed by atoms with E-state index in [1.54, 1.807) is 6.20 Å². The molecule has 2 rings (SSSR count). The van der Waals surface area contributed by atoms with Crippen LogP contribution in [0.15, 0.2) is 18.3 Å². The quantitative estimate of drug-likeness (QED) is 0.833. The third-order valence-corrected chi connectivity index (χ3v) is 3.73. The van der Waals surface area contributed by atoms with Crippen LogP contribution in [0.25, 0.3) is 0 Å². The first kappa shape index (κ1) is 15.5. The molecule has 1 heterocycles. The van der Waals surface area contributed by atoms with E-state index >= 15 is 0 Å². The van der Waals surface area contributed by atoms with Crippen LogP contribution in [0.4, 0.5) is 0 Å². The fourth-order valence-corrected chi connectivity index (χ4v) is 2.54. The van der Waals surface area contributed by atoms with Crippen LogP contribution in [-0.4, -0.2) is 29.4 Å². The van der Waals surface area contributed by atoms with E-state index < -0.39 is 0 Å². The number of pyridine rings is 1. The van der Waals surface area contributed by atoms with Crippen molar-refractivity contribution < 1.29 is 9.59 Å². The lowest BCUT2D eigenvalue weighted by Gasteiger charge is -2.12. The van der Waals surface area contributed by atoms with Gasteiger partial charge in [-0.05, 0) is 31.4 Å². The molecule has 21 heavy (non-hydrogen) atoms. The van der Waals surface area contributed by atoms with Crippen molar-refractivity contribution in [2.75, 3.05) is 6.54 Å². The maximum Gasteiger partial charge on any atom is 0.224 e. The standard InChI is InChI=1S/C16H23N3O2/c1-12-6-7-13(11-18-12)10-16(21)17-9-8-15(20)19-14-4-2-3-5-14/h6-7,11,14H,2-5,8-10H2,1H3,(H,17,21)(H,19,20). The lowest BCUT2D eigenvalue weighted by atomic mass is 10.2. The average molecular weight is 289 g/mol. The van der Waals surface area contributed by atoms with Crippen molar-refractivity contribution in [2.24, 2.45) is 0 Å². The molecule has 1 aliphatic carbocycles. The molecular weight excluding hydrogens is 266 g/mol. The molecule has 0 spiro atoms. The van der Waals surface area contributed by atoms with E-state index in [1.165, 1.54) is 12.8 Å². The first-order valence-corrected chi connectivity index (χ1v) is 7.61. The Morgan fingerprint density at radius 2 is 2.00 bits per heavy atom. The summed E-state index contributed by atoms with van der Waals surface area (Å²) in [4.78, 5) is 27.6. The van der Waals surface area contributed by atoms with E-state index in [0.717, 1.165) is 24.1 Å². The topological polar surface area (TPSA) is 71.1 Å². The summed E-state index contributed by atoms with van der Waals surface area (Å²) in [5, 5.41) is 5.78. The van der Waals surface area contributed by atoms with Crippen LogP contribution in [0.3, 0.4) is 0 Å². The van der Waals surface area contributed by atoms with Crippen molar-refractivity contribution in [3.63, 3.8) is 0 Å². The molecule has 114 valence electrons. The molecule has 0 saturated heterocycles. The highest BCUT2D eigenvalue weighted by Gasteiger charge is 2.16. The molecule has 1 saturated carbocycles. The van der Waals surface area contributed by atoms with Crippen LogP contribution in [0.1, 0.15) is 43.4 Å². The predicted octanol–water partition coefficient (Wildman–Crippen LogP) is 1.50. The van der Waals surface area contributed by atoms with Crippen LogP contribution in [0.2, 0.25) is 0 Å².